The van der Waals surface area contributed by atoms with Gasteiger partial charge in [-0.05, 0) is 6.54 Å². The highest BCUT2D eigenvalue weighted by atomic mass is 32.1. The number of nitrogens with two attached hydrogens (primary N) is 1. The number of hydrogen-bond donors (Lipinski definition) is 1. The van der Waals surface area contributed by atoms with Crippen LogP contribution in [0.2, 0.25) is 0 Å². The molecule has 0 spiro atoms. The quantitative estimate of drug-likeness (QED) is 0.675. The van der Waals surface area contributed by atoms with E-state index in [9.17, 15) is 0 Å². The zero-order valence-electron chi connectivity index (χ0n) is 6.10. The number of nitrogens with zero attached hydrogens (tertiary/aromatic N) is 3. The van der Waals surface area contributed by atoms with E-state index in [-0.39, 0.29) is 0 Å². The molecule has 2 rings (SSSR count). The minimum absolute atomic E-state index is 0.666. The Morgan fingerprint density at radius 3 is 3.09 bits per heavy atom. The third kappa shape index (κ3) is 1.21. The van der Waals surface area contributed by atoms with Gasteiger partial charge in [0.1, 0.15) is 5.51 Å². The fourth-order valence-electron chi connectivity index (χ4n) is 1.18. The molecule has 1 aliphatic heterocycles. The maximum absolute atomic E-state index is 5.49. The van der Waals surface area contributed by atoms with Gasteiger partial charge in [0.05, 0.1) is 0 Å². The molecule has 0 aromatic carbocycles. The van der Waals surface area contributed by atoms with Crippen LogP contribution in [0, 0.1) is 5.92 Å². The molecule has 2 heterocycles. The van der Waals surface area contributed by atoms with Crippen molar-refractivity contribution in [3.63, 3.8) is 0 Å². The summed E-state index contributed by atoms with van der Waals surface area (Å²) in [6.07, 6.45) is 0. The molecule has 1 saturated heterocycles. The van der Waals surface area contributed by atoms with Crippen molar-refractivity contribution in [3.8, 4) is 0 Å². The Balaban J connectivity index is 1.92. The van der Waals surface area contributed by atoms with Gasteiger partial charge < -0.3 is 10.6 Å². The van der Waals surface area contributed by atoms with Gasteiger partial charge in [-0.25, -0.2) is 0 Å². The van der Waals surface area contributed by atoms with Gasteiger partial charge in [0.15, 0.2) is 0 Å². The van der Waals surface area contributed by atoms with E-state index in [1.54, 1.807) is 16.8 Å². The normalized spacial score (nSPS) is 18.5. The lowest BCUT2D eigenvalue weighted by Crippen LogP contribution is -2.49. The summed E-state index contributed by atoms with van der Waals surface area (Å²) in [6, 6.07) is 0. The van der Waals surface area contributed by atoms with Crippen LogP contribution in [-0.4, -0.2) is 29.8 Å². The van der Waals surface area contributed by atoms with Crippen LogP contribution in [0.15, 0.2) is 5.51 Å². The van der Waals surface area contributed by atoms with Crippen molar-refractivity contribution in [2.24, 2.45) is 11.7 Å². The maximum atomic E-state index is 5.49. The summed E-state index contributed by atoms with van der Waals surface area (Å²) in [5.41, 5.74) is 7.25. The molecular formula is C6H10N4S. The van der Waals surface area contributed by atoms with Crippen LogP contribution in [-0.2, 0) is 0 Å². The molecule has 1 aromatic rings. The molecule has 0 saturated carbocycles. The van der Waals surface area contributed by atoms with Crippen molar-refractivity contribution in [1.29, 1.82) is 0 Å². The largest absolute Gasteiger partial charge is 0.346 e. The van der Waals surface area contributed by atoms with Crippen LogP contribution >= 0.6 is 11.3 Å². The van der Waals surface area contributed by atoms with E-state index in [4.69, 9.17) is 5.73 Å². The van der Waals surface area contributed by atoms with Crippen LogP contribution in [0.4, 0.5) is 5.13 Å². The monoisotopic (exact) mass is 170 g/mol. The number of rotatable bonds is 2. The molecule has 0 atom stereocenters. The minimum atomic E-state index is 0.666. The van der Waals surface area contributed by atoms with E-state index in [1.807, 2.05) is 0 Å². The molecule has 60 valence electrons. The highest BCUT2D eigenvalue weighted by Crippen LogP contribution is 2.24. The second-order valence-corrected chi connectivity index (χ2v) is 3.54. The smallest absolute Gasteiger partial charge is 0.208 e. The highest BCUT2D eigenvalue weighted by Gasteiger charge is 2.26. The van der Waals surface area contributed by atoms with Gasteiger partial charge in [-0.2, -0.15) is 0 Å². The van der Waals surface area contributed by atoms with Gasteiger partial charge >= 0.3 is 0 Å². The Bertz CT molecular complexity index is 216. The van der Waals surface area contributed by atoms with Gasteiger partial charge in [-0.1, -0.05) is 11.3 Å². The predicted molar refractivity (Wildman–Crippen MR) is 44.7 cm³/mol. The van der Waals surface area contributed by atoms with Crippen LogP contribution in [0.25, 0.3) is 0 Å². The second kappa shape index (κ2) is 2.75. The van der Waals surface area contributed by atoms with Crippen LogP contribution in [0.1, 0.15) is 0 Å². The first-order chi connectivity index (χ1) is 5.40. The summed E-state index contributed by atoms with van der Waals surface area (Å²) in [5, 5.41) is 8.76. The summed E-state index contributed by atoms with van der Waals surface area (Å²) in [6.45, 7) is 2.88. The fraction of sp³-hybridized carbons (Fsp3) is 0.667. The Labute approximate surface area is 69.0 Å². The molecule has 0 unspecified atom stereocenters. The van der Waals surface area contributed by atoms with Crippen molar-refractivity contribution in [2.75, 3.05) is 24.5 Å². The van der Waals surface area contributed by atoms with Crippen LogP contribution in [0.5, 0.6) is 0 Å². The molecule has 0 radical (unpaired) electrons. The lowest BCUT2D eigenvalue weighted by atomic mass is 10.0. The first kappa shape index (κ1) is 7.00. The lowest BCUT2D eigenvalue weighted by Gasteiger charge is -2.37. The third-order valence-corrected chi connectivity index (χ3v) is 2.66. The van der Waals surface area contributed by atoms with Crippen molar-refractivity contribution in [2.45, 2.75) is 0 Å². The van der Waals surface area contributed by atoms with Gasteiger partial charge in [0, 0.05) is 19.0 Å². The van der Waals surface area contributed by atoms with Gasteiger partial charge in [-0.15, -0.1) is 10.2 Å². The molecule has 1 aliphatic rings. The zero-order valence-corrected chi connectivity index (χ0v) is 6.92. The molecule has 2 N–H and O–H groups in total. The molecule has 4 nitrogen and oxygen atoms in total. The molecule has 5 heteroatoms. The van der Waals surface area contributed by atoms with E-state index in [0.717, 1.165) is 24.8 Å². The van der Waals surface area contributed by atoms with Crippen molar-refractivity contribution in [1.82, 2.24) is 10.2 Å². The molecule has 11 heavy (non-hydrogen) atoms. The SMILES string of the molecule is NCC1CN(c2nncs2)C1. The number of aromatic nitrogens is 2. The predicted octanol–water partition coefficient (Wildman–Crippen LogP) is -0.0670. The molecular weight excluding hydrogens is 160 g/mol. The standard InChI is InChI=1S/C6H10N4S/c7-1-5-2-10(3-5)6-9-8-4-11-6/h4-5H,1-3,7H2. The van der Waals surface area contributed by atoms with E-state index in [1.165, 1.54) is 0 Å². The maximum Gasteiger partial charge on any atom is 0.208 e. The molecule has 1 aromatic heterocycles. The van der Waals surface area contributed by atoms with Gasteiger partial charge in [0.2, 0.25) is 5.13 Å². The highest BCUT2D eigenvalue weighted by molar-refractivity contribution is 7.13. The summed E-state index contributed by atoms with van der Waals surface area (Å²) < 4.78 is 0. The Hall–Kier alpha value is -0.680. The van der Waals surface area contributed by atoms with Crippen molar-refractivity contribution >= 4 is 16.5 Å². The van der Waals surface area contributed by atoms with E-state index >= 15 is 0 Å². The first-order valence-corrected chi connectivity index (χ1v) is 4.49. The molecule has 0 bridgehead atoms. The Kier molecular flexibility index (Phi) is 1.75. The summed E-state index contributed by atoms with van der Waals surface area (Å²) in [7, 11) is 0. The summed E-state index contributed by atoms with van der Waals surface area (Å²) >= 11 is 1.58. The Morgan fingerprint density at radius 1 is 1.73 bits per heavy atom. The van der Waals surface area contributed by atoms with E-state index < -0.39 is 0 Å². The summed E-state index contributed by atoms with van der Waals surface area (Å²) in [4.78, 5) is 2.20. The zero-order chi connectivity index (χ0) is 7.68. The molecule has 1 fully saturated rings. The van der Waals surface area contributed by atoms with Gasteiger partial charge in [0.25, 0.3) is 0 Å². The minimum Gasteiger partial charge on any atom is -0.346 e. The van der Waals surface area contributed by atoms with Crippen molar-refractivity contribution in [3.05, 3.63) is 5.51 Å². The first-order valence-electron chi connectivity index (χ1n) is 3.61. The number of anilines is 1. The molecule has 0 amide bonds. The van der Waals surface area contributed by atoms with Gasteiger partial charge in [-0.3, -0.25) is 0 Å². The average Bonchev–Trinajstić information content (AvgIpc) is 2.37. The average molecular weight is 170 g/mol. The Morgan fingerprint density at radius 2 is 2.55 bits per heavy atom. The fourth-order valence-corrected chi connectivity index (χ4v) is 1.76. The lowest BCUT2D eigenvalue weighted by molar-refractivity contribution is 0.419. The number of hydrogen-bond acceptors (Lipinski definition) is 5. The molecule has 0 aliphatic carbocycles. The third-order valence-electron chi connectivity index (χ3n) is 1.91. The van der Waals surface area contributed by atoms with Crippen molar-refractivity contribution < 1.29 is 0 Å². The van der Waals surface area contributed by atoms with E-state index in [0.29, 0.717) is 5.92 Å². The van der Waals surface area contributed by atoms with E-state index in [2.05, 4.69) is 15.1 Å². The van der Waals surface area contributed by atoms with Crippen LogP contribution in [0.3, 0.4) is 0 Å². The topological polar surface area (TPSA) is 55.0 Å². The summed E-state index contributed by atoms with van der Waals surface area (Å²) in [5.74, 6) is 0.666. The second-order valence-electron chi connectivity index (χ2n) is 2.73. The van der Waals surface area contributed by atoms with Crippen LogP contribution < -0.4 is 10.6 Å².